The van der Waals surface area contributed by atoms with Crippen LogP contribution in [0.5, 0.6) is 0 Å². The third-order valence-electron chi connectivity index (χ3n) is 3.57. The summed E-state index contributed by atoms with van der Waals surface area (Å²) in [6, 6.07) is 0.120. The molecule has 1 aliphatic carbocycles. The zero-order valence-electron chi connectivity index (χ0n) is 11.2. The second-order valence-electron chi connectivity index (χ2n) is 5.47. The van der Waals surface area contributed by atoms with E-state index in [0.29, 0.717) is 19.3 Å². The number of alkyl halides is 2. The highest BCUT2D eigenvalue weighted by Gasteiger charge is 2.45. The molecule has 6 heteroatoms. The Bertz CT molecular complexity index is 299. The Balaban J connectivity index is 2.68. The van der Waals surface area contributed by atoms with Gasteiger partial charge in [0.2, 0.25) is 5.91 Å². The zero-order valence-corrected chi connectivity index (χ0v) is 11.2. The summed E-state index contributed by atoms with van der Waals surface area (Å²) in [6.07, 6.45) is -0.523. The van der Waals surface area contributed by atoms with Crippen molar-refractivity contribution in [3.8, 4) is 0 Å². The van der Waals surface area contributed by atoms with Crippen LogP contribution in [0, 0.1) is 0 Å². The first kappa shape index (κ1) is 15.3. The van der Waals surface area contributed by atoms with Crippen LogP contribution < -0.4 is 11.1 Å². The van der Waals surface area contributed by atoms with Gasteiger partial charge in [0.15, 0.2) is 0 Å². The van der Waals surface area contributed by atoms with Crippen LogP contribution in [0.15, 0.2) is 0 Å². The predicted octanol–water partition coefficient (Wildman–Crippen LogP) is 0.958. The molecule has 0 aromatic heterocycles. The first-order valence-corrected chi connectivity index (χ1v) is 6.33. The van der Waals surface area contributed by atoms with E-state index in [0.717, 1.165) is 0 Å². The topological polar surface area (TPSA) is 58.4 Å². The van der Waals surface area contributed by atoms with Crippen molar-refractivity contribution in [1.29, 1.82) is 0 Å². The van der Waals surface area contributed by atoms with Crippen LogP contribution in [-0.2, 0) is 4.79 Å². The minimum Gasteiger partial charge on any atom is -0.368 e. The average molecular weight is 263 g/mol. The van der Waals surface area contributed by atoms with Crippen molar-refractivity contribution in [1.82, 2.24) is 10.2 Å². The lowest BCUT2D eigenvalue weighted by atomic mass is 9.95. The number of nitrogens with two attached hydrogens (primary N) is 1. The van der Waals surface area contributed by atoms with Crippen molar-refractivity contribution in [2.45, 2.75) is 57.2 Å². The van der Waals surface area contributed by atoms with Crippen LogP contribution in [0.25, 0.3) is 0 Å². The Labute approximate surface area is 107 Å². The summed E-state index contributed by atoms with van der Waals surface area (Å²) in [5.74, 6) is -0.385. The van der Waals surface area contributed by atoms with Crippen LogP contribution >= 0.6 is 0 Å². The summed E-state index contributed by atoms with van der Waals surface area (Å²) in [4.78, 5) is 13.3. The van der Waals surface area contributed by atoms with Crippen molar-refractivity contribution in [3.63, 3.8) is 0 Å². The Morgan fingerprint density at radius 3 is 2.61 bits per heavy atom. The first-order chi connectivity index (χ1) is 8.27. The van der Waals surface area contributed by atoms with Crippen molar-refractivity contribution in [2.24, 2.45) is 5.73 Å². The number of hydrogen-bond donors (Lipinski definition) is 2. The van der Waals surface area contributed by atoms with E-state index >= 15 is 0 Å². The number of carbonyl (C=O) groups excluding carboxylic acids is 1. The molecule has 0 aromatic carbocycles. The molecule has 0 heterocycles. The number of nitrogens with one attached hydrogen (secondary N) is 1. The van der Waals surface area contributed by atoms with Gasteiger partial charge >= 0.3 is 0 Å². The van der Waals surface area contributed by atoms with E-state index in [1.807, 2.05) is 13.8 Å². The number of nitrogens with zero attached hydrogens (tertiary/aromatic N) is 1. The van der Waals surface area contributed by atoms with Gasteiger partial charge in [0.05, 0.1) is 12.1 Å². The summed E-state index contributed by atoms with van der Waals surface area (Å²) < 4.78 is 24.7. The molecule has 106 valence electrons. The molecule has 2 unspecified atom stereocenters. The summed E-state index contributed by atoms with van der Waals surface area (Å²) in [5.41, 5.74) is 4.74. The van der Waals surface area contributed by atoms with Crippen LogP contribution in [-0.4, -0.2) is 48.4 Å². The molecule has 0 aliphatic heterocycles. The molecule has 0 saturated heterocycles. The lowest BCUT2D eigenvalue weighted by Crippen LogP contribution is -2.56. The summed E-state index contributed by atoms with van der Waals surface area (Å²) in [5, 5.41) is 3.20. The third-order valence-corrected chi connectivity index (χ3v) is 3.57. The fourth-order valence-electron chi connectivity index (χ4n) is 2.74. The lowest BCUT2D eigenvalue weighted by molar-refractivity contribution is -0.124. The number of carbonyl (C=O) groups is 1. The van der Waals surface area contributed by atoms with Crippen LogP contribution in [0.4, 0.5) is 8.78 Å². The average Bonchev–Trinajstić information content (AvgIpc) is 2.61. The van der Waals surface area contributed by atoms with Crippen LogP contribution in [0.2, 0.25) is 0 Å². The van der Waals surface area contributed by atoms with Crippen LogP contribution in [0.1, 0.15) is 33.1 Å². The minimum atomic E-state index is -2.35. The highest BCUT2D eigenvalue weighted by Crippen LogP contribution is 2.33. The quantitative estimate of drug-likeness (QED) is 0.750. The van der Waals surface area contributed by atoms with Gasteiger partial charge in [0.1, 0.15) is 0 Å². The molecule has 3 N–H and O–H groups in total. The SMILES string of the molecule is CC(C)NC1(C(N)=O)CCC(N(C)CC(F)F)C1. The molecular formula is C12H23F2N3O. The molecule has 1 saturated carbocycles. The van der Waals surface area contributed by atoms with Gasteiger partial charge in [-0.05, 0) is 40.2 Å². The molecule has 0 bridgehead atoms. The Morgan fingerprint density at radius 2 is 2.17 bits per heavy atom. The Kier molecular flexibility index (Phi) is 5.04. The summed E-state index contributed by atoms with van der Waals surface area (Å²) >= 11 is 0. The van der Waals surface area contributed by atoms with E-state index < -0.39 is 12.0 Å². The van der Waals surface area contributed by atoms with Crippen LogP contribution in [0.3, 0.4) is 0 Å². The standard InChI is InChI=1S/C12H23F2N3O/c1-8(2)16-12(11(15)18)5-4-9(6-12)17(3)7-10(13)14/h8-10,16H,4-7H2,1-3H3,(H2,15,18). The molecular weight excluding hydrogens is 240 g/mol. The maximum atomic E-state index is 12.4. The van der Waals surface area contributed by atoms with E-state index in [-0.39, 0.29) is 24.5 Å². The molecule has 1 amide bonds. The number of amides is 1. The Morgan fingerprint density at radius 1 is 1.56 bits per heavy atom. The molecule has 4 nitrogen and oxygen atoms in total. The fourth-order valence-corrected chi connectivity index (χ4v) is 2.74. The number of rotatable bonds is 6. The maximum Gasteiger partial charge on any atom is 0.251 e. The van der Waals surface area contributed by atoms with Gasteiger partial charge in [0, 0.05) is 12.1 Å². The summed E-state index contributed by atoms with van der Waals surface area (Å²) in [7, 11) is 1.67. The van der Waals surface area contributed by atoms with E-state index in [9.17, 15) is 13.6 Å². The van der Waals surface area contributed by atoms with Crippen molar-refractivity contribution < 1.29 is 13.6 Å². The highest BCUT2D eigenvalue weighted by atomic mass is 19.3. The molecule has 2 atom stereocenters. The van der Waals surface area contributed by atoms with Gasteiger partial charge in [-0.3, -0.25) is 9.69 Å². The van der Waals surface area contributed by atoms with E-state index in [1.165, 1.54) is 0 Å². The maximum absolute atomic E-state index is 12.4. The molecule has 0 aromatic rings. The zero-order chi connectivity index (χ0) is 13.9. The number of halogens is 2. The number of primary amides is 1. The van der Waals surface area contributed by atoms with E-state index in [4.69, 9.17) is 5.73 Å². The molecule has 18 heavy (non-hydrogen) atoms. The third kappa shape index (κ3) is 3.62. The molecule has 1 fully saturated rings. The fraction of sp³-hybridized carbons (Fsp3) is 0.917. The second kappa shape index (κ2) is 5.93. The minimum absolute atomic E-state index is 0.0160. The van der Waals surface area contributed by atoms with Gasteiger partial charge < -0.3 is 11.1 Å². The highest BCUT2D eigenvalue weighted by molar-refractivity contribution is 5.85. The van der Waals surface area contributed by atoms with Gasteiger partial charge in [-0.25, -0.2) is 8.78 Å². The predicted molar refractivity (Wildman–Crippen MR) is 66.5 cm³/mol. The molecule has 1 aliphatic rings. The van der Waals surface area contributed by atoms with E-state index in [1.54, 1.807) is 11.9 Å². The normalized spacial score (nSPS) is 28.6. The van der Waals surface area contributed by atoms with Gasteiger partial charge in [-0.15, -0.1) is 0 Å². The van der Waals surface area contributed by atoms with E-state index in [2.05, 4.69) is 5.32 Å². The molecule has 1 rings (SSSR count). The first-order valence-electron chi connectivity index (χ1n) is 6.33. The largest absolute Gasteiger partial charge is 0.368 e. The monoisotopic (exact) mass is 263 g/mol. The van der Waals surface area contributed by atoms with Gasteiger partial charge in [0.25, 0.3) is 6.43 Å². The lowest BCUT2D eigenvalue weighted by Gasteiger charge is -2.31. The van der Waals surface area contributed by atoms with Gasteiger partial charge in [-0.2, -0.15) is 0 Å². The smallest absolute Gasteiger partial charge is 0.251 e. The second-order valence-corrected chi connectivity index (χ2v) is 5.47. The number of hydrogen-bond acceptors (Lipinski definition) is 3. The van der Waals surface area contributed by atoms with Gasteiger partial charge in [-0.1, -0.05) is 0 Å². The molecule has 0 spiro atoms. The van der Waals surface area contributed by atoms with Crippen molar-refractivity contribution >= 4 is 5.91 Å². The van der Waals surface area contributed by atoms with Crippen molar-refractivity contribution in [2.75, 3.05) is 13.6 Å². The van der Waals surface area contributed by atoms with Crippen molar-refractivity contribution in [3.05, 3.63) is 0 Å². The Hall–Kier alpha value is -0.750. The summed E-state index contributed by atoms with van der Waals surface area (Å²) in [6.45, 7) is 3.63. The molecule has 0 radical (unpaired) electrons.